The Morgan fingerprint density at radius 2 is 2.18 bits per heavy atom. The minimum atomic E-state index is 0.159. The maximum absolute atomic E-state index is 10.3. The topological polar surface area (TPSA) is 37.3 Å². The molecule has 0 unspecified atom stereocenters. The first-order valence-corrected chi connectivity index (χ1v) is 3.54. The summed E-state index contributed by atoms with van der Waals surface area (Å²) in [5, 5.41) is 9.10. The average molecular weight is 150 g/mol. The van der Waals surface area contributed by atoms with Crippen LogP contribution in [0.15, 0.2) is 18.2 Å². The number of aromatic hydroxyl groups is 1. The van der Waals surface area contributed by atoms with Crippen molar-refractivity contribution < 1.29 is 9.90 Å². The molecule has 2 heteroatoms. The fourth-order valence-electron chi connectivity index (χ4n) is 0.972. The fraction of sp³-hybridized carbons (Fsp3) is 0.222. The molecule has 1 aromatic rings. The van der Waals surface area contributed by atoms with E-state index in [2.05, 4.69) is 0 Å². The van der Waals surface area contributed by atoms with Crippen LogP contribution in [-0.4, -0.2) is 11.4 Å². The number of hydrogen-bond acceptors (Lipinski definition) is 2. The Morgan fingerprint density at radius 3 is 2.73 bits per heavy atom. The summed E-state index contributed by atoms with van der Waals surface area (Å²) in [5.74, 6) is 0.159. The average Bonchev–Trinajstić information content (AvgIpc) is 2.03. The minimum Gasteiger partial charge on any atom is -0.508 e. The van der Waals surface area contributed by atoms with Gasteiger partial charge in [0, 0.05) is 5.56 Å². The molecule has 0 aliphatic carbocycles. The van der Waals surface area contributed by atoms with E-state index >= 15 is 0 Å². The normalized spacial score (nSPS) is 9.55. The predicted molar refractivity (Wildman–Crippen MR) is 42.9 cm³/mol. The van der Waals surface area contributed by atoms with E-state index in [1.807, 2.05) is 6.92 Å². The van der Waals surface area contributed by atoms with Crippen LogP contribution in [0, 0.1) is 0 Å². The van der Waals surface area contributed by atoms with Crippen molar-refractivity contribution in [1.29, 1.82) is 0 Å². The summed E-state index contributed by atoms with van der Waals surface area (Å²) in [5.41, 5.74) is 1.51. The van der Waals surface area contributed by atoms with Gasteiger partial charge >= 0.3 is 0 Å². The molecule has 11 heavy (non-hydrogen) atoms. The van der Waals surface area contributed by atoms with Gasteiger partial charge in [0.25, 0.3) is 0 Å². The van der Waals surface area contributed by atoms with Gasteiger partial charge in [0.2, 0.25) is 0 Å². The molecule has 0 aliphatic heterocycles. The first-order valence-electron chi connectivity index (χ1n) is 3.54. The number of phenolic OH excluding ortho intramolecular Hbond substituents is 1. The van der Waals surface area contributed by atoms with Gasteiger partial charge < -0.3 is 5.11 Å². The van der Waals surface area contributed by atoms with Crippen LogP contribution < -0.4 is 0 Å². The zero-order valence-corrected chi connectivity index (χ0v) is 6.37. The van der Waals surface area contributed by atoms with Crippen LogP contribution in [0.3, 0.4) is 0 Å². The number of phenols is 1. The van der Waals surface area contributed by atoms with Crippen LogP contribution in [0.25, 0.3) is 0 Å². The summed E-state index contributed by atoms with van der Waals surface area (Å²) < 4.78 is 0. The maximum Gasteiger partial charge on any atom is 0.150 e. The largest absolute Gasteiger partial charge is 0.508 e. The van der Waals surface area contributed by atoms with E-state index in [0.717, 1.165) is 18.3 Å². The number of aryl methyl sites for hydroxylation is 1. The van der Waals surface area contributed by atoms with Crippen molar-refractivity contribution in [3.8, 4) is 5.75 Å². The number of hydrogen-bond donors (Lipinski definition) is 1. The standard InChI is InChI=1S/C9H10O2/c1-2-7-3-8(6-10)5-9(11)4-7/h3-6,11H,2H2,1H3. The van der Waals surface area contributed by atoms with Crippen LogP contribution in [0.4, 0.5) is 0 Å². The maximum atomic E-state index is 10.3. The van der Waals surface area contributed by atoms with E-state index in [1.54, 1.807) is 12.1 Å². The lowest BCUT2D eigenvalue weighted by Gasteiger charge is -1.98. The lowest BCUT2D eigenvalue weighted by molar-refractivity contribution is 0.112. The van der Waals surface area contributed by atoms with E-state index in [-0.39, 0.29) is 5.75 Å². The quantitative estimate of drug-likeness (QED) is 0.652. The van der Waals surface area contributed by atoms with Gasteiger partial charge in [-0.15, -0.1) is 0 Å². The highest BCUT2D eigenvalue weighted by Crippen LogP contribution is 2.14. The van der Waals surface area contributed by atoms with Crippen molar-refractivity contribution in [1.82, 2.24) is 0 Å². The van der Waals surface area contributed by atoms with Crippen molar-refractivity contribution >= 4 is 6.29 Å². The third kappa shape index (κ3) is 1.80. The molecule has 0 radical (unpaired) electrons. The molecule has 0 aromatic heterocycles. The summed E-state index contributed by atoms with van der Waals surface area (Å²) in [6, 6.07) is 4.88. The summed E-state index contributed by atoms with van der Waals surface area (Å²) in [6.07, 6.45) is 1.56. The van der Waals surface area contributed by atoms with Crippen molar-refractivity contribution in [3.63, 3.8) is 0 Å². The van der Waals surface area contributed by atoms with E-state index < -0.39 is 0 Å². The van der Waals surface area contributed by atoms with Gasteiger partial charge in [0.15, 0.2) is 0 Å². The Morgan fingerprint density at radius 1 is 1.45 bits per heavy atom. The van der Waals surface area contributed by atoms with Crippen LogP contribution in [0.1, 0.15) is 22.8 Å². The Kier molecular flexibility index (Phi) is 2.26. The highest BCUT2D eigenvalue weighted by molar-refractivity contribution is 5.75. The Hall–Kier alpha value is -1.31. The monoisotopic (exact) mass is 150 g/mol. The molecule has 0 bridgehead atoms. The molecule has 0 heterocycles. The van der Waals surface area contributed by atoms with E-state index in [0.29, 0.717) is 5.56 Å². The summed E-state index contributed by atoms with van der Waals surface area (Å²) in [7, 11) is 0. The first-order chi connectivity index (χ1) is 5.26. The molecule has 0 spiro atoms. The van der Waals surface area contributed by atoms with Crippen molar-refractivity contribution in [3.05, 3.63) is 29.3 Å². The number of rotatable bonds is 2. The van der Waals surface area contributed by atoms with Crippen molar-refractivity contribution in [2.45, 2.75) is 13.3 Å². The molecule has 0 amide bonds. The van der Waals surface area contributed by atoms with Gasteiger partial charge in [-0.2, -0.15) is 0 Å². The Labute approximate surface area is 65.5 Å². The summed E-state index contributed by atoms with van der Waals surface area (Å²) in [4.78, 5) is 10.3. The van der Waals surface area contributed by atoms with Gasteiger partial charge in [-0.3, -0.25) is 4.79 Å². The van der Waals surface area contributed by atoms with Crippen LogP contribution in [-0.2, 0) is 6.42 Å². The van der Waals surface area contributed by atoms with Crippen LogP contribution >= 0.6 is 0 Å². The van der Waals surface area contributed by atoms with Gasteiger partial charge in [0.05, 0.1) is 0 Å². The number of carbonyl (C=O) groups excluding carboxylic acids is 1. The molecule has 1 N–H and O–H groups in total. The van der Waals surface area contributed by atoms with E-state index in [4.69, 9.17) is 5.11 Å². The number of carbonyl (C=O) groups is 1. The Bertz CT molecular complexity index is 266. The molecule has 1 rings (SSSR count). The molecule has 0 aliphatic rings. The first kappa shape index (κ1) is 7.79. The smallest absolute Gasteiger partial charge is 0.150 e. The highest BCUT2D eigenvalue weighted by Gasteiger charge is 1.96. The molecule has 0 saturated carbocycles. The lowest BCUT2D eigenvalue weighted by atomic mass is 10.1. The van der Waals surface area contributed by atoms with Crippen molar-refractivity contribution in [2.24, 2.45) is 0 Å². The third-order valence-corrected chi connectivity index (χ3v) is 1.54. The Balaban J connectivity index is 3.11. The molecule has 2 nitrogen and oxygen atoms in total. The van der Waals surface area contributed by atoms with Crippen LogP contribution in [0.2, 0.25) is 0 Å². The summed E-state index contributed by atoms with van der Waals surface area (Å²) >= 11 is 0. The molecule has 0 atom stereocenters. The predicted octanol–water partition coefficient (Wildman–Crippen LogP) is 1.77. The van der Waals surface area contributed by atoms with E-state index in [1.165, 1.54) is 6.07 Å². The molecular formula is C9H10O2. The second kappa shape index (κ2) is 3.19. The minimum absolute atomic E-state index is 0.159. The molecule has 0 saturated heterocycles. The zero-order chi connectivity index (χ0) is 8.27. The highest BCUT2D eigenvalue weighted by atomic mass is 16.3. The van der Waals surface area contributed by atoms with Gasteiger partial charge in [-0.1, -0.05) is 6.92 Å². The molecule has 1 aromatic carbocycles. The van der Waals surface area contributed by atoms with Crippen molar-refractivity contribution in [2.75, 3.05) is 0 Å². The third-order valence-electron chi connectivity index (χ3n) is 1.54. The molecule has 0 fully saturated rings. The fourth-order valence-corrected chi connectivity index (χ4v) is 0.972. The van der Waals surface area contributed by atoms with E-state index in [9.17, 15) is 4.79 Å². The lowest BCUT2D eigenvalue weighted by Crippen LogP contribution is -1.84. The zero-order valence-electron chi connectivity index (χ0n) is 6.37. The summed E-state index contributed by atoms with van der Waals surface area (Å²) in [6.45, 7) is 1.98. The second-order valence-electron chi connectivity index (χ2n) is 2.40. The van der Waals surface area contributed by atoms with Gasteiger partial charge in [0.1, 0.15) is 12.0 Å². The van der Waals surface area contributed by atoms with Gasteiger partial charge in [-0.05, 0) is 30.2 Å². The van der Waals surface area contributed by atoms with Gasteiger partial charge in [-0.25, -0.2) is 0 Å². The number of benzene rings is 1. The number of aldehydes is 1. The van der Waals surface area contributed by atoms with Crippen LogP contribution in [0.5, 0.6) is 5.75 Å². The SMILES string of the molecule is CCc1cc(O)cc(C=O)c1. The second-order valence-corrected chi connectivity index (χ2v) is 2.40. The molecular weight excluding hydrogens is 140 g/mol. The molecule has 58 valence electrons.